The number of aryl methyl sites for hydroxylation is 1. The molecule has 0 aliphatic heterocycles. The first-order chi connectivity index (χ1) is 14.5. The largest absolute Gasteiger partial charge is 0.488 e. The van der Waals surface area contributed by atoms with Crippen molar-refractivity contribution in [2.45, 2.75) is 19.3 Å². The van der Waals surface area contributed by atoms with Gasteiger partial charge in [0.1, 0.15) is 12.4 Å². The molecule has 0 aliphatic rings. The lowest BCUT2D eigenvalue weighted by Gasteiger charge is -2.09. The molecule has 0 saturated carbocycles. The van der Waals surface area contributed by atoms with Crippen LogP contribution < -0.4 is 10.1 Å². The quantitative estimate of drug-likeness (QED) is 0.502. The minimum Gasteiger partial charge on any atom is -0.488 e. The van der Waals surface area contributed by atoms with Gasteiger partial charge >= 0.3 is 0 Å². The van der Waals surface area contributed by atoms with Gasteiger partial charge < -0.3 is 19.3 Å². The maximum absolute atomic E-state index is 14.0. The molecular weight excluding hydrogens is 396 g/mol. The standard InChI is InChI=1S/C21H21F2N3O4/c1-28-11-12-29-18-10-9-16(13-17(18)23)24-19(27)3-2-4-20-25-21(26-30-20)14-5-7-15(22)8-6-14/h5-10,13H,2-4,11-12H2,1H3,(H,24,27). The highest BCUT2D eigenvalue weighted by Crippen LogP contribution is 2.21. The summed E-state index contributed by atoms with van der Waals surface area (Å²) in [7, 11) is 1.53. The van der Waals surface area contributed by atoms with Crippen LogP contribution in [0.4, 0.5) is 14.5 Å². The Morgan fingerprint density at radius 1 is 1.13 bits per heavy atom. The third kappa shape index (κ3) is 6.08. The molecule has 0 bridgehead atoms. The van der Waals surface area contributed by atoms with Crippen LogP contribution >= 0.6 is 0 Å². The lowest BCUT2D eigenvalue weighted by molar-refractivity contribution is -0.116. The third-order valence-electron chi connectivity index (χ3n) is 4.13. The number of nitrogens with one attached hydrogen (secondary N) is 1. The Kier molecular flexibility index (Phi) is 7.45. The molecule has 1 heterocycles. The summed E-state index contributed by atoms with van der Waals surface area (Å²) in [5, 5.41) is 6.49. The molecular formula is C21H21F2N3O4. The first-order valence-electron chi connectivity index (χ1n) is 9.35. The van der Waals surface area contributed by atoms with Crippen molar-refractivity contribution < 1.29 is 27.6 Å². The van der Waals surface area contributed by atoms with Crippen LogP contribution in [0.25, 0.3) is 11.4 Å². The zero-order valence-corrected chi connectivity index (χ0v) is 16.4. The number of hydrogen-bond donors (Lipinski definition) is 1. The van der Waals surface area contributed by atoms with Gasteiger partial charge in [0.25, 0.3) is 0 Å². The lowest BCUT2D eigenvalue weighted by Crippen LogP contribution is -2.12. The number of rotatable bonds is 10. The van der Waals surface area contributed by atoms with Gasteiger partial charge in [-0.2, -0.15) is 4.98 Å². The highest BCUT2D eigenvalue weighted by Gasteiger charge is 2.11. The van der Waals surface area contributed by atoms with E-state index in [1.54, 1.807) is 18.2 Å². The molecule has 0 saturated heterocycles. The van der Waals surface area contributed by atoms with Crippen LogP contribution in [0.5, 0.6) is 5.75 Å². The van der Waals surface area contributed by atoms with E-state index in [9.17, 15) is 13.6 Å². The van der Waals surface area contributed by atoms with Gasteiger partial charge in [-0.1, -0.05) is 5.16 Å². The Balaban J connectivity index is 1.45. The van der Waals surface area contributed by atoms with Gasteiger partial charge in [-0.3, -0.25) is 4.79 Å². The molecule has 3 aromatic rings. The molecule has 0 fully saturated rings. The fraction of sp³-hybridized carbons (Fsp3) is 0.286. The highest BCUT2D eigenvalue weighted by molar-refractivity contribution is 5.90. The van der Waals surface area contributed by atoms with Crippen LogP contribution in [0, 0.1) is 11.6 Å². The topological polar surface area (TPSA) is 86.5 Å². The second-order valence-electron chi connectivity index (χ2n) is 6.41. The Labute approximate surface area is 172 Å². The molecule has 1 aromatic heterocycles. The van der Waals surface area contributed by atoms with E-state index in [1.807, 2.05) is 0 Å². The predicted molar refractivity (Wildman–Crippen MR) is 105 cm³/mol. The van der Waals surface area contributed by atoms with E-state index >= 15 is 0 Å². The molecule has 0 atom stereocenters. The molecule has 1 N–H and O–H groups in total. The summed E-state index contributed by atoms with van der Waals surface area (Å²) < 4.78 is 42.2. The predicted octanol–water partition coefficient (Wildman–Crippen LogP) is 4.00. The lowest BCUT2D eigenvalue weighted by atomic mass is 10.2. The zero-order valence-electron chi connectivity index (χ0n) is 16.4. The average Bonchev–Trinajstić information content (AvgIpc) is 3.19. The molecule has 30 heavy (non-hydrogen) atoms. The van der Waals surface area contributed by atoms with Crippen molar-refractivity contribution in [2.75, 3.05) is 25.6 Å². The second kappa shape index (κ2) is 10.4. The smallest absolute Gasteiger partial charge is 0.226 e. The molecule has 1 amide bonds. The fourth-order valence-electron chi connectivity index (χ4n) is 2.63. The van der Waals surface area contributed by atoms with Crippen molar-refractivity contribution in [3.63, 3.8) is 0 Å². The molecule has 0 spiro atoms. The van der Waals surface area contributed by atoms with Crippen molar-refractivity contribution in [2.24, 2.45) is 0 Å². The number of halogens is 2. The van der Waals surface area contributed by atoms with E-state index < -0.39 is 5.82 Å². The fourth-order valence-corrected chi connectivity index (χ4v) is 2.63. The van der Waals surface area contributed by atoms with Crippen LogP contribution in [-0.4, -0.2) is 36.4 Å². The Morgan fingerprint density at radius 3 is 2.67 bits per heavy atom. The van der Waals surface area contributed by atoms with Gasteiger partial charge in [-0.25, -0.2) is 8.78 Å². The zero-order chi connectivity index (χ0) is 21.3. The average molecular weight is 417 g/mol. The van der Waals surface area contributed by atoms with Gasteiger partial charge in [0.05, 0.1) is 6.61 Å². The SMILES string of the molecule is COCCOc1ccc(NC(=O)CCCc2nc(-c3ccc(F)cc3)no2)cc1F. The maximum Gasteiger partial charge on any atom is 0.226 e. The van der Waals surface area contributed by atoms with Crippen LogP contribution in [0.3, 0.4) is 0 Å². The molecule has 0 aliphatic carbocycles. The summed E-state index contributed by atoms with van der Waals surface area (Å²) in [5.41, 5.74) is 0.980. The van der Waals surface area contributed by atoms with E-state index in [0.29, 0.717) is 42.4 Å². The number of anilines is 1. The molecule has 0 radical (unpaired) electrons. The molecule has 3 rings (SSSR count). The summed E-state index contributed by atoms with van der Waals surface area (Å²) in [6.45, 7) is 0.584. The number of amides is 1. The molecule has 9 heteroatoms. The van der Waals surface area contributed by atoms with Gasteiger partial charge in [-0.15, -0.1) is 0 Å². The molecule has 2 aromatic carbocycles. The summed E-state index contributed by atoms with van der Waals surface area (Å²) in [6, 6.07) is 9.97. The Bertz CT molecular complexity index is 977. The minimum atomic E-state index is -0.567. The maximum atomic E-state index is 14.0. The number of hydrogen-bond acceptors (Lipinski definition) is 6. The van der Waals surface area contributed by atoms with Crippen molar-refractivity contribution in [1.82, 2.24) is 10.1 Å². The van der Waals surface area contributed by atoms with Gasteiger partial charge in [-0.05, 0) is 42.8 Å². The number of ether oxygens (including phenoxy) is 2. The van der Waals surface area contributed by atoms with Crippen molar-refractivity contribution >= 4 is 11.6 Å². The summed E-state index contributed by atoms with van der Waals surface area (Å²) in [5.74, 6) is -0.340. The second-order valence-corrected chi connectivity index (χ2v) is 6.41. The van der Waals surface area contributed by atoms with E-state index in [4.69, 9.17) is 14.0 Å². The summed E-state index contributed by atoms with van der Waals surface area (Å²) in [4.78, 5) is 16.3. The van der Waals surface area contributed by atoms with Crippen LogP contribution in [-0.2, 0) is 16.0 Å². The number of methoxy groups -OCH3 is 1. The Hall–Kier alpha value is -3.33. The first kappa shape index (κ1) is 21.4. The van der Waals surface area contributed by atoms with Crippen molar-refractivity contribution in [3.05, 3.63) is 60.0 Å². The monoisotopic (exact) mass is 417 g/mol. The first-order valence-corrected chi connectivity index (χ1v) is 9.35. The number of carbonyl (C=O) groups is 1. The normalized spacial score (nSPS) is 10.8. The number of carbonyl (C=O) groups excluding carboxylic acids is 1. The molecule has 158 valence electrons. The minimum absolute atomic E-state index is 0.0957. The van der Waals surface area contributed by atoms with Crippen LogP contribution in [0.15, 0.2) is 47.0 Å². The molecule has 7 nitrogen and oxygen atoms in total. The summed E-state index contributed by atoms with van der Waals surface area (Å²) in [6.07, 6.45) is 1.07. The van der Waals surface area contributed by atoms with Gasteiger partial charge in [0.2, 0.25) is 17.6 Å². The Morgan fingerprint density at radius 2 is 1.93 bits per heavy atom. The van der Waals surface area contributed by atoms with Crippen LogP contribution in [0.1, 0.15) is 18.7 Å². The van der Waals surface area contributed by atoms with Crippen molar-refractivity contribution in [1.29, 1.82) is 0 Å². The van der Waals surface area contributed by atoms with E-state index in [-0.39, 0.29) is 30.5 Å². The number of nitrogens with zero attached hydrogens (tertiary/aromatic N) is 2. The van der Waals surface area contributed by atoms with E-state index in [2.05, 4.69) is 15.5 Å². The van der Waals surface area contributed by atoms with Crippen LogP contribution in [0.2, 0.25) is 0 Å². The van der Waals surface area contributed by atoms with E-state index in [0.717, 1.165) is 0 Å². The summed E-state index contributed by atoms with van der Waals surface area (Å²) >= 11 is 0. The number of benzene rings is 2. The van der Waals surface area contributed by atoms with Gasteiger partial charge in [0, 0.05) is 37.3 Å². The molecule has 0 unspecified atom stereocenters. The van der Waals surface area contributed by atoms with Crippen molar-refractivity contribution in [3.8, 4) is 17.1 Å². The van der Waals surface area contributed by atoms with E-state index in [1.165, 1.54) is 31.4 Å². The highest BCUT2D eigenvalue weighted by atomic mass is 19.1. The number of aromatic nitrogens is 2. The third-order valence-corrected chi connectivity index (χ3v) is 4.13. The van der Waals surface area contributed by atoms with Gasteiger partial charge in [0.15, 0.2) is 11.6 Å².